The van der Waals surface area contributed by atoms with Crippen molar-refractivity contribution >= 4 is 27.6 Å². The minimum atomic E-state index is -0.940. The number of piperidine rings is 1. The summed E-state index contributed by atoms with van der Waals surface area (Å²) >= 11 is 3.38. The Kier molecular flexibility index (Phi) is 3.81. The van der Waals surface area contributed by atoms with Gasteiger partial charge in [0.1, 0.15) is 11.6 Å². The van der Waals surface area contributed by atoms with Gasteiger partial charge in [0.15, 0.2) is 0 Å². The van der Waals surface area contributed by atoms with Gasteiger partial charge >= 0.3 is 5.97 Å². The van der Waals surface area contributed by atoms with Crippen LogP contribution in [-0.4, -0.2) is 23.2 Å². The van der Waals surface area contributed by atoms with Crippen LogP contribution in [0.1, 0.15) is 31.7 Å². The molecule has 0 bridgehead atoms. The molecule has 1 aliphatic heterocycles. The third-order valence-electron chi connectivity index (χ3n) is 3.72. The van der Waals surface area contributed by atoms with Gasteiger partial charge in [0.25, 0.3) is 0 Å². The van der Waals surface area contributed by atoms with Gasteiger partial charge in [0.2, 0.25) is 0 Å². The Labute approximate surface area is 120 Å². The summed E-state index contributed by atoms with van der Waals surface area (Å²) in [4.78, 5) is 13.5. The third kappa shape index (κ3) is 2.45. The van der Waals surface area contributed by atoms with Crippen LogP contribution in [0.2, 0.25) is 0 Å². The zero-order valence-corrected chi connectivity index (χ0v) is 12.3. The molecule has 1 aromatic carbocycles. The Morgan fingerprint density at radius 2 is 2.26 bits per heavy atom. The lowest BCUT2D eigenvalue weighted by atomic mass is 9.87. The molecule has 0 amide bonds. The molecule has 5 heteroatoms. The van der Waals surface area contributed by atoms with E-state index in [0.717, 1.165) is 17.3 Å². The van der Waals surface area contributed by atoms with Gasteiger partial charge in [-0.05, 0) is 44.4 Å². The van der Waals surface area contributed by atoms with Crippen LogP contribution in [0.15, 0.2) is 22.7 Å². The van der Waals surface area contributed by atoms with Crippen molar-refractivity contribution in [2.24, 2.45) is 0 Å². The van der Waals surface area contributed by atoms with Crippen molar-refractivity contribution in [3.05, 3.63) is 28.2 Å². The van der Waals surface area contributed by atoms with Crippen LogP contribution in [0.4, 0.5) is 5.69 Å². The van der Waals surface area contributed by atoms with Crippen molar-refractivity contribution in [1.29, 1.82) is 5.26 Å². The number of aliphatic carboxylic acids is 1. The van der Waals surface area contributed by atoms with Gasteiger partial charge in [-0.1, -0.05) is 15.9 Å². The largest absolute Gasteiger partial charge is 0.480 e. The first-order chi connectivity index (χ1) is 8.99. The number of nitriles is 1. The van der Waals surface area contributed by atoms with Gasteiger partial charge in [-0.2, -0.15) is 5.26 Å². The number of carboxylic acids is 1. The summed E-state index contributed by atoms with van der Waals surface area (Å²) in [6, 6.07) is 7.48. The highest BCUT2D eigenvalue weighted by atomic mass is 79.9. The molecule has 0 saturated carbocycles. The highest BCUT2D eigenvalue weighted by Gasteiger charge is 2.42. The van der Waals surface area contributed by atoms with Gasteiger partial charge in [0.05, 0.1) is 11.3 Å². The Hall–Kier alpha value is -1.54. The Morgan fingerprint density at radius 3 is 2.89 bits per heavy atom. The topological polar surface area (TPSA) is 64.3 Å². The van der Waals surface area contributed by atoms with Crippen LogP contribution >= 0.6 is 15.9 Å². The van der Waals surface area contributed by atoms with Crippen LogP contribution in [0, 0.1) is 11.3 Å². The number of carbonyl (C=O) groups is 1. The fourth-order valence-corrected chi connectivity index (χ4v) is 2.90. The predicted molar refractivity (Wildman–Crippen MR) is 76.1 cm³/mol. The maximum Gasteiger partial charge on any atom is 0.329 e. The molecule has 1 heterocycles. The van der Waals surface area contributed by atoms with E-state index in [9.17, 15) is 15.2 Å². The summed E-state index contributed by atoms with van der Waals surface area (Å²) in [5.41, 5.74) is 0.268. The normalized spacial score (nSPS) is 22.9. The molecule has 0 aliphatic carbocycles. The highest BCUT2D eigenvalue weighted by molar-refractivity contribution is 9.10. The van der Waals surface area contributed by atoms with Gasteiger partial charge in [-0.25, -0.2) is 4.79 Å². The first-order valence-corrected chi connectivity index (χ1v) is 6.99. The van der Waals surface area contributed by atoms with E-state index in [4.69, 9.17) is 0 Å². The second kappa shape index (κ2) is 5.22. The van der Waals surface area contributed by atoms with E-state index in [-0.39, 0.29) is 0 Å². The van der Waals surface area contributed by atoms with Crippen molar-refractivity contribution < 1.29 is 9.90 Å². The zero-order chi connectivity index (χ0) is 14.0. The summed E-state index contributed by atoms with van der Waals surface area (Å²) in [6.07, 6.45) is 2.44. The SMILES string of the molecule is CC1(C(=O)O)CCCCN1c1cc(Br)ccc1C#N. The molecule has 1 saturated heterocycles. The summed E-state index contributed by atoms with van der Waals surface area (Å²) < 4.78 is 0.847. The minimum absolute atomic E-state index is 0.512. The fourth-order valence-electron chi connectivity index (χ4n) is 2.55. The fraction of sp³-hybridized carbons (Fsp3) is 0.429. The monoisotopic (exact) mass is 322 g/mol. The maximum absolute atomic E-state index is 11.6. The first-order valence-electron chi connectivity index (χ1n) is 6.20. The molecular weight excluding hydrogens is 308 g/mol. The van der Waals surface area contributed by atoms with Gasteiger partial charge in [-0.3, -0.25) is 0 Å². The molecule has 0 radical (unpaired) electrons. The van der Waals surface area contributed by atoms with Crippen LogP contribution in [0.5, 0.6) is 0 Å². The summed E-state index contributed by atoms with van der Waals surface area (Å²) in [7, 11) is 0. The van der Waals surface area contributed by atoms with E-state index >= 15 is 0 Å². The molecule has 1 N–H and O–H groups in total. The molecule has 1 atom stereocenters. The molecule has 19 heavy (non-hydrogen) atoms. The molecule has 1 aromatic rings. The average molecular weight is 323 g/mol. The number of halogens is 1. The smallest absolute Gasteiger partial charge is 0.329 e. The minimum Gasteiger partial charge on any atom is -0.480 e. The van der Waals surface area contributed by atoms with Crippen molar-refractivity contribution in [2.75, 3.05) is 11.4 Å². The van der Waals surface area contributed by atoms with Crippen LogP contribution in [-0.2, 0) is 4.79 Å². The van der Waals surface area contributed by atoms with Crippen LogP contribution in [0.25, 0.3) is 0 Å². The lowest BCUT2D eigenvalue weighted by Crippen LogP contribution is -2.55. The van der Waals surface area contributed by atoms with E-state index < -0.39 is 11.5 Å². The van der Waals surface area contributed by atoms with E-state index in [1.54, 1.807) is 19.1 Å². The predicted octanol–water partition coefficient (Wildman–Crippen LogP) is 3.15. The van der Waals surface area contributed by atoms with Crippen LogP contribution < -0.4 is 4.90 Å². The summed E-state index contributed by atoms with van der Waals surface area (Å²) in [5.74, 6) is -0.837. The van der Waals surface area contributed by atoms with E-state index in [1.165, 1.54) is 0 Å². The molecule has 1 aliphatic rings. The zero-order valence-electron chi connectivity index (χ0n) is 10.7. The molecule has 4 nitrogen and oxygen atoms in total. The second-order valence-corrected chi connectivity index (χ2v) is 5.88. The number of benzene rings is 1. The molecule has 100 valence electrons. The maximum atomic E-state index is 11.6. The number of anilines is 1. The number of rotatable bonds is 2. The second-order valence-electron chi connectivity index (χ2n) is 4.96. The third-order valence-corrected chi connectivity index (χ3v) is 4.22. The van der Waals surface area contributed by atoms with Crippen molar-refractivity contribution in [2.45, 2.75) is 31.7 Å². The van der Waals surface area contributed by atoms with Gasteiger partial charge in [0, 0.05) is 11.0 Å². The van der Waals surface area contributed by atoms with Crippen molar-refractivity contribution in [3.8, 4) is 6.07 Å². The molecule has 2 rings (SSSR count). The van der Waals surface area contributed by atoms with Crippen LogP contribution in [0.3, 0.4) is 0 Å². The molecular formula is C14H15BrN2O2. The van der Waals surface area contributed by atoms with E-state index in [1.807, 2.05) is 11.0 Å². The number of nitrogens with zero attached hydrogens (tertiary/aromatic N) is 2. The van der Waals surface area contributed by atoms with Gasteiger partial charge < -0.3 is 10.0 Å². The first kappa shape index (κ1) is 13.9. The Morgan fingerprint density at radius 1 is 1.53 bits per heavy atom. The quantitative estimate of drug-likeness (QED) is 0.908. The molecule has 1 unspecified atom stereocenters. The lowest BCUT2D eigenvalue weighted by molar-refractivity contribution is -0.143. The van der Waals surface area contributed by atoms with E-state index in [2.05, 4.69) is 22.0 Å². The Bertz CT molecular complexity index is 553. The highest BCUT2D eigenvalue weighted by Crippen LogP contribution is 2.36. The van der Waals surface area contributed by atoms with Crippen molar-refractivity contribution in [1.82, 2.24) is 0 Å². The molecule has 0 aromatic heterocycles. The standard InChI is InChI=1S/C14H15BrN2O2/c1-14(13(18)19)6-2-3-7-17(14)12-8-11(15)5-4-10(12)9-16/h4-5,8H,2-3,6-7H2,1H3,(H,18,19). The average Bonchev–Trinajstić information content (AvgIpc) is 2.39. The summed E-state index contributed by atoms with van der Waals surface area (Å²) in [6.45, 7) is 2.39. The lowest BCUT2D eigenvalue weighted by Gasteiger charge is -2.43. The van der Waals surface area contributed by atoms with Crippen molar-refractivity contribution in [3.63, 3.8) is 0 Å². The Balaban J connectivity index is 2.52. The molecule has 1 fully saturated rings. The number of carboxylic acid groups (broad SMARTS) is 1. The molecule has 0 spiro atoms. The summed E-state index contributed by atoms with van der Waals surface area (Å²) in [5, 5.41) is 18.7. The van der Waals surface area contributed by atoms with E-state index in [0.29, 0.717) is 24.2 Å². The number of hydrogen-bond donors (Lipinski definition) is 1. The van der Waals surface area contributed by atoms with Gasteiger partial charge in [-0.15, -0.1) is 0 Å². The number of hydrogen-bond acceptors (Lipinski definition) is 3.